The lowest BCUT2D eigenvalue weighted by molar-refractivity contribution is -0.129. The first kappa shape index (κ1) is 11.9. The predicted molar refractivity (Wildman–Crippen MR) is 47.4 cm³/mol. The molecule has 1 amide bonds. The van der Waals surface area contributed by atoms with Crippen molar-refractivity contribution in [2.75, 3.05) is 12.5 Å². The van der Waals surface area contributed by atoms with Crippen LogP contribution < -0.4 is 0 Å². The number of carboxylic acids is 1. The lowest BCUT2D eigenvalue weighted by atomic mass is 10.3. The molecule has 0 aliphatic rings. The zero-order chi connectivity index (χ0) is 10.3. The van der Waals surface area contributed by atoms with Gasteiger partial charge in [-0.15, -0.1) is 11.6 Å². The van der Waals surface area contributed by atoms with Gasteiger partial charge in [0.25, 0.3) is 0 Å². The molecule has 0 saturated carbocycles. The van der Waals surface area contributed by atoms with Crippen molar-refractivity contribution in [3.8, 4) is 0 Å². The van der Waals surface area contributed by atoms with Crippen LogP contribution in [0, 0.1) is 0 Å². The van der Waals surface area contributed by atoms with E-state index in [-0.39, 0.29) is 24.6 Å². The van der Waals surface area contributed by atoms with Gasteiger partial charge in [-0.2, -0.15) is 4.99 Å². The molecule has 13 heavy (non-hydrogen) atoms. The zero-order valence-corrected chi connectivity index (χ0v) is 7.87. The summed E-state index contributed by atoms with van der Waals surface area (Å²) in [5, 5.41) is 8.52. The number of carboxylic acid groups (broad SMARTS) is 1. The van der Waals surface area contributed by atoms with Crippen LogP contribution in [0.3, 0.4) is 0 Å². The molecule has 1 N–H and O–H groups in total. The second-order valence-corrected chi connectivity index (χ2v) is 2.38. The Balaban J connectivity index is 4.34. The third-order valence-electron chi connectivity index (χ3n) is 1.07. The third-order valence-corrected chi connectivity index (χ3v) is 1.26. The summed E-state index contributed by atoms with van der Waals surface area (Å²) in [5.41, 5.74) is -0.284. The van der Waals surface area contributed by atoms with Gasteiger partial charge in [0.15, 0.2) is 0 Å². The Bertz CT molecular complexity index is 227. The molecule has 6 heteroatoms. The quantitative estimate of drug-likeness (QED) is 0.557. The van der Waals surface area contributed by atoms with Crippen molar-refractivity contribution in [2.24, 2.45) is 4.99 Å². The molecule has 0 rings (SSSR count). The lowest BCUT2D eigenvalue weighted by Gasteiger charge is -1.98. The van der Waals surface area contributed by atoms with Gasteiger partial charge in [-0.3, -0.25) is 0 Å². The SMILES string of the molecule is CCOC(=O)N=C(CCCl)C(=O)O. The number of alkyl halides is 1. The first-order valence-electron chi connectivity index (χ1n) is 3.65. The van der Waals surface area contributed by atoms with Crippen LogP contribution in [0.25, 0.3) is 0 Å². The van der Waals surface area contributed by atoms with Gasteiger partial charge in [0.05, 0.1) is 6.61 Å². The Morgan fingerprint density at radius 3 is 2.54 bits per heavy atom. The molecule has 0 heterocycles. The van der Waals surface area contributed by atoms with E-state index in [0.29, 0.717) is 0 Å². The molecule has 0 spiro atoms. The molecule has 0 bridgehead atoms. The van der Waals surface area contributed by atoms with Crippen molar-refractivity contribution < 1.29 is 19.4 Å². The fourth-order valence-electron chi connectivity index (χ4n) is 0.566. The van der Waals surface area contributed by atoms with Gasteiger partial charge >= 0.3 is 12.1 Å². The summed E-state index contributed by atoms with van der Waals surface area (Å²) in [7, 11) is 0. The van der Waals surface area contributed by atoms with Gasteiger partial charge in [-0.05, 0) is 6.92 Å². The average molecular weight is 208 g/mol. The fourth-order valence-corrected chi connectivity index (χ4v) is 0.745. The molecule has 0 aliphatic heterocycles. The maximum absolute atomic E-state index is 10.7. The molecule has 0 aliphatic carbocycles. The zero-order valence-electron chi connectivity index (χ0n) is 7.12. The molecule has 0 aromatic carbocycles. The first-order valence-corrected chi connectivity index (χ1v) is 4.18. The summed E-state index contributed by atoms with van der Waals surface area (Å²) >= 11 is 5.30. The number of carbonyl (C=O) groups excluding carboxylic acids is 1. The number of halogens is 1. The fraction of sp³-hybridized carbons (Fsp3) is 0.571. The van der Waals surface area contributed by atoms with Crippen molar-refractivity contribution in [1.29, 1.82) is 0 Å². The van der Waals surface area contributed by atoms with Crippen LogP contribution in [0.5, 0.6) is 0 Å². The van der Waals surface area contributed by atoms with E-state index in [4.69, 9.17) is 16.7 Å². The summed E-state index contributed by atoms with van der Waals surface area (Å²) in [6.45, 7) is 1.77. The van der Waals surface area contributed by atoms with Crippen LogP contribution >= 0.6 is 11.6 Å². The summed E-state index contributed by atoms with van der Waals surface area (Å²) in [5.74, 6) is -1.15. The first-order chi connectivity index (χ1) is 6.11. The molecule has 0 radical (unpaired) electrons. The molecule has 0 aromatic rings. The van der Waals surface area contributed by atoms with Crippen LogP contribution in [-0.4, -0.2) is 35.4 Å². The second-order valence-electron chi connectivity index (χ2n) is 2.00. The largest absolute Gasteiger partial charge is 0.477 e. The number of amides is 1. The minimum Gasteiger partial charge on any atom is -0.477 e. The topological polar surface area (TPSA) is 76.0 Å². The van der Waals surface area contributed by atoms with Gasteiger partial charge in [-0.1, -0.05) is 0 Å². The van der Waals surface area contributed by atoms with Crippen LogP contribution in [0.2, 0.25) is 0 Å². The van der Waals surface area contributed by atoms with E-state index in [1.165, 1.54) is 0 Å². The highest BCUT2D eigenvalue weighted by Crippen LogP contribution is 1.94. The summed E-state index contributed by atoms with van der Waals surface area (Å²) in [6.07, 6.45) is -0.861. The van der Waals surface area contributed by atoms with Crippen molar-refractivity contribution >= 4 is 29.4 Å². The van der Waals surface area contributed by atoms with Crippen molar-refractivity contribution in [3.05, 3.63) is 0 Å². The van der Waals surface area contributed by atoms with Crippen LogP contribution in [0.4, 0.5) is 4.79 Å². The van der Waals surface area contributed by atoms with Gasteiger partial charge in [0, 0.05) is 12.3 Å². The van der Waals surface area contributed by atoms with Gasteiger partial charge in [0.2, 0.25) is 0 Å². The van der Waals surface area contributed by atoms with Crippen molar-refractivity contribution in [3.63, 3.8) is 0 Å². The number of aliphatic carboxylic acids is 1. The van der Waals surface area contributed by atoms with E-state index in [2.05, 4.69) is 9.73 Å². The number of ether oxygens (including phenoxy) is 1. The summed E-state index contributed by atoms with van der Waals surface area (Å²) in [6, 6.07) is 0. The molecule has 0 aromatic heterocycles. The van der Waals surface area contributed by atoms with Crippen LogP contribution in [-0.2, 0) is 9.53 Å². The molecular weight excluding hydrogens is 198 g/mol. The number of hydrogen-bond acceptors (Lipinski definition) is 3. The normalized spacial score (nSPS) is 11.1. The minimum absolute atomic E-state index is 0.0374. The van der Waals surface area contributed by atoms with Crippen molar-refractivity contribution in [2.45, 2.75) is 13.3 Å². The highest BCUT2D eigenvalue weighted by Gasteiger charge is 2.11. The van der Waals surface area contributed by atoms with E-state index in [0.717, 1.165) is 0 Å². The highest BCUT2D eigenvalue weighted by atomic mass is 35.5. The van der Waals surface area contributed by atoms with Crippen LogP contribution in [0.15, 0.2) is 4.99 Å². The number of rotatable bonds is 4. The maximum atomic E-state index is 10.7. The molecule has 0 unspecified atom stereocenters. The Kier molecular flexibility index (Phi) is 5.88. The monoisotopic (exact) mass is 207 g/mol. The number of carbonyl (C=O) groups is 2. The van der Waals surface area contributed by atoms with Gasteiger partial charge in [0.1, 0.15) is 5.71 Å². The Hall–Kier alpha value is -1.10. The third kappa shape index (κ3) is 5.19. The van der Waals surface area contributed by atoms with E-state index >= 15 is 0 Å². The van der Waals surface area contributed by atoms with Crippen molar-refractivity contribution in [1.82, 2.24) is 0 Å². The minimum atomic E-state index is -1.26. The van der Waals surface area contributed by atoms with E-state index < -0.39 is 12.1 Å². The molecular formula is C7H10ClNO4. The van der Waals surface area contributed by atoms with E-state index in [1.54, 1.807) is 6.92 Å². The van der Waals surface area contributed by atoms with E-state index in [9.17, 15) is 9.59 Å². The summed E-state index contributed by atoms with van der Waals surface area (Å²) in [4.78, 5) is 24.4. The Morgan fingerprint density at radius 2 is 2.15 bits per heavy atom. The number of nitrogens with zero attached hydrogens (tertiary/aromatic N) is 1. The molecule has 0 atom stereocenters. The summed E-state index contributed by atoms with van der Waals surface area (Å²) < 4.78 is 4.44. The standard InChI is InChI=1S/C7H10ClNO4/c1-2-13-7(12)9-5(3-4-8)6(10)11/h2-4H2,1H3,(H,10,11). The number of hydrogen-bond donors (Lipinski definition) is 1. The second kappa shape index (κ2) is 6.42. The molecule has 5 nitrogen and oxygen atoms in total. The predicted octanol–water partition coefficient (Wildman–Crippen LogP) is 1.30. The molecule has 74 valence electrons. The maximum Gasteiger partial charge on any atom is 0.434 e. The Labute approximate surface area is 80.4 Å². The molecule has 0 fully saturated rings. The molecule has 0 saturated heterocycles. The van der Waals surface area contributed by atoms with Gasteiger partial charge < -0.3 is 9.84 Å². The van der Waals surface area contributed by atoms with E-state index in [1.807, 2.05) is 0 Å². The Morgan fingerprint density at radius 1 is 1.54 bits per heavy atom. The number of aliphatic imine (C=N–C) groups is 1. The van der Waals surface area contributed by atoms with Crippen LogP contribution in [0.1, 0.15) is 13.3 Å². The smallest absolute Gasteiger partial charge is 0.434 e. The lowest BCUT2D eigenvalue weighted by Crippen LogP contribution is -2.16. The average Bonchev–Trinajstić information content (AvgIpc) is 2.04. The highest BCUT2D eigenvalue weighted by molar-refractivity contribution is 6.38. The van der Waals surface area contributed by atoms with Gasteiger partial charge in [-0.25, -0.2) is 9.59 Å².